The molecular weight excluding hydrogens is 316 g/mol. The molecule has 0 aliphatic heterocycles. The van der Waals surface area contributed by atoms with Crippen molar-refractivity contribution < 1.29 is 4.79 Å². The molecule has 24 heavy (non-hydrogen) atoms. The molecule has 4 heteroatoms. The van der Waals surface area contributed by atoms with Gasteiger partial charge in [0.05, 0.1) is 10.2 Å². The van der Waals surface area contributed by atoms with Crippen LogP contribution in [0, 0.1) is 0 Å². The van der Waals surface area contributed by atoms with Gasteiger partial charge in [-0.3, -0.25) is 4.79 Å². The topological polar surface area (TPSA) is 56.0 Å². The van der Waals surface area contributed by atoms with E-state index in [2.05, 4.69) is 4.98 Å². The molecule has 0 unspecified atom stereocenters. The molecule has 3 nitrogen and oxygen atoms in total. The Balaban J connectivity index is 1.92. The molecule has 0 spiro atoms. The Bertz CT molecular complexity index is 1000. The first-order valence-corrected chi connectivity index (χ1v) is 8.39. The Morgan fingerprint density at radius 3 is 2.38 bits per heavy atom. The van der Waals surface area contributed by atoms with Crippen LogP contribution in [0.15, 0.2) is 72.8 Å². The van der Waals surface area contributed by atoms with E-state index in [9.17, 15) is 4.79 Å². The Labute approximate surface area is 143 Å². The van der Waals surface area contributed by atoms with Crippen LogP contribution in [0.1, 0.15) is 10.4 Å². The Hall–Kier alpha value is -2.98. The van der Waals surface area contributed by atoms with Crippen molar-refractivity contribution in [2.24, 2.45) is 5.73 Å². The summed E-state index contributed by atoms with van der Waals surface area (Å²) in [6.45, 7) is 0. The average Bonchev–Trinajstić information content (AvgIpc) is 3.06. The molecule has 0 bridgehead atoms. The first kappa shape index (κ1) is 14.6. The summed E-state index contributed by atoms with van der Waals surface area (Å²) in [4.78, 5) is 16.5. The van der Waals surface area contributed by atoms with Gasteiger partial charge in [0.15, 0.2) is 0 Å². The fourth-order valence-electron chi connectivity index (χ4n) is 2.73. The molecule has 1 amide bonds. The molecule has 116 valence electrons. The van der Waals surface area contributed by atoms with Crippen molar-refractivity contribution in [1.29, 1.82) is 0 Å². The van der Waals surface area contributed by atoms with Gasteiger partial charge in [0.1, 0.15) is 5.01 Å². The minimum Gasteiger partial charge on any atom is -0.366 e. The molecule has 0 aliphatic rings. The predicted octanol–water partition coefficient (Wildman–Crippen LogP) is 4.73. The number of nitrogens with zero attached hydrogens (tertiary/aromatic N) is 1. The second-order valence-electron chi connectivity index (χ2n) is 5.48. The maximum atomic E-state index is 11.9. The van der Waals surface area contributed by atoms with Crippen LogP contribution in [0.2, 0.25) is 0 Å². The lowest BCUT2D eigenvalue weighted by Gasteiger charge is -2.08. The Morgan fingerprint density at radius 1 is 0.875 bits per heavy atom. The molecule has 1 aromatic heterocycles. The smallest absolute Gasteiger partial charge is 0.249 e. The van der Waals surface area contributed by atoms with Crippen LogP contribution in [0.25, 0.3) is 31.9 Å². The van der Waals surface area contributed by atoms with E-state index in [1.807, 2.05) is 66.7 Å². The monoisotopic (exact) mass is 330 g/mol. The molecule has 0 atom stereocenters. The highest BCUT2D eigenvalue weighted by Crippen LogP contribution is 2.34. The van der Waals surface area contributed by atoms with Crippen molar-refractivity contribution >= 4 is 27.5 Å². The number of hydrogen-bond donors (Lipinski definition) is 1. The number of para-hydroxylation sites is 1. The van der Waals surface area contributed by atoms with E-state index in [4.69, 9.17) is 5.73 Å². The zero-order valence-electron chi connectivity index (χ0n) is 12.8. The largest absolute Gasteiger partial charge is 0.366 e. The molecule has 4 aromatic rings. The molecule has 0 radical (unpaired) electrons. The summed E-state index contributed by atoms with van der Waals surface area (Å²) in [6, 6.07) is 23.7. The minimum atomic E-state index is -0.441. The molecule has 0 aliphatic carbocycles. The number of thiazole rings is 1. The first-order chi connectivity index (χ1) is 11.7. The van der Waals surface area contributed by atoms with Gasteiger partial charge in [-0.15, -0.1) is 11.3 Å². The summed E-state index contributed by atoms with van der Waals surface area (Å²) in [7, 11) is 0. The van der Waals surface area contributed by atoms with Crippen LogP contribution < -0.4 is 5.73 Å². The van der Waals surface area contributed by atoms with E-state index < -0.39 is 5.91 Å². The van der Waals surface area contributed by atoms with Gasteiger partial charge in [-0.2, -0.15) is 0 Å². The van der Waals surface area contributed by atoms with Crippen molar-refractivity contribution in [2.45, 2.75) is 0 Å². The number of hydrogen-bond acceptors (Lipinski definition) is 3. The molecule has 0 saturated carbocycles. The van der Waals surface area contributed by atoms with Crippen LogP contribution in [-0.2, 0) is 0 Å². The number of fused-ring (bicyclic) bond motifs is 1. The van der Waals surface area contributed by atoms with E-state index in [-0.39, 0.29) is 0 Å². The fraction of sp³-hybridized carbons (Fsp3) is 0. The van der Waals surface area contributed by atoms with Gasteiger partial charge in [-0.1, -0.05) is 48.5 Å². The van der Waals surface area contributed by atoms with E-state index in [0.717, 1.165) is 31.9 Å². The number of amides is 1. The number of benzene rings is 3. The number of carbonyl (C=O) groups excluding carboxylic acids is 1. The van der Waals surface area contributed by atoms with Crippen LogP contribution in [0.5, 0.6) is 0 Å². The quantitative estimate of drug-likeness (QED) is 0.590. The lowest BCUT2D eigenvalue weighted by atomic mass is 9.99. The van der Waals surface area contributed by atoms with E-state index >= 15 is 0 Å². The molecule has 1 heterocycles. The molecule has 0 saturated heterocycles. The van der Waals surface area contributed by atoms with Crippen molar-refractivity contribution in [3.8, 4) is 21.7 Å². The third kappa shape index (κ3) is 2.57. The van der Waals surface area contributed by atoms with Crippen molar-refractivity contribution in [2.75, 3.05) is 0 Å². The van der Waals surface area contributed by atoms with Crippen molar-refractivity contribution in [3.63, 3.8) is 0 Å². The fourth-order valence-corrected chi connectivity index (χ4v) is 3.73. The van der Waals surface area contributed by atoms with Crippen LogP contribution in [-0.4, -0.2) is 10.9 Å². The third-order valence-electron chi connectivity index (χ3n) is 3.92. The normalized spacial score (nSPS) is 10.8. The van der Waals surface area contributed by atoms with E-state index in [1.54, 1.807) is 17.4 Å². The number of carbonyl (C=O) groups is 1. The van der Waals surface area contributed by atoms with Gasteiger partial charge < -0.3 is 5.73 Å². The first-order valence-electron chi connectivity index (χ1n) is 7.57. The molecule has 2 N–H and O–H groups in total. The molecule has 3 aromatic carbocycles. The summed E-state index contributed by atoms with van der Waals surface area (Å²) in [5, 5.41) is 0.808. The predicted molar refractivity (Wildman–Crippen MR) is 99.0 cm³/mol. The average molecular weight is 330 g/mol. The maximum absolute atomic E-state index is 11.9. The minimum absolute atomic E-state index is 0.441. The lowest BCUT2D eigenvalue weighted by molar-refractivity contribution is 0.100. The zero-order valence-corrected chi connectivity index (χ0v) is 13.6. The SMILES string of the molecule is NC(=O)c1ccc(-c2ccccc2)cc1-c1nc2ccccc2s1. The van der Waals surface area contributed by atoms with E-state index in [1.165, 1.54) is 0 Å². The van der Waals surface area contributed by atoms with Crippen LogP contribution >= 0.6 is 11.3 Å². The number of primary amides is 1. The molecule has 0 fully saturated rings. The highest BCUT2D eigenvalue weighted by Gasteiger charge is 2.15. The van der Waals surface area contributed by atoms with Gasteiger partial charge >= 0.3 is 0 Å². The summed E-state index contributed by atoms with van der Waals surface area (Å²) in [5.74, 6) is -0.441. The lowest BCUT2D eigenvalue weighted by Crippen LogP contribution is -2.12. The zero-order chi connectivity index (χ0) is 16.5. The second-order valence-corrected chi connectivity index (χ2v) is 6.51. The van der Waals surface area contributed by atoms with Gasteiger partial charge in [0.2, 0.25) is 5.91 Å². The van der Waals surface area contributed by atoms with E-state index in [0.29, 0.717) is 5.56 Å². The van der Waals surface area contributed by atoms with Gasteiger partial charge in [0, 0.05) is 11.1 Å². The number of rotatable bonds is 3. The maximum Gasteiger partial charge on any atom is 0.249 e. The molecular formula is C20H14N2OS. The third-order valence-corrected chi connectivity index (χ3v) is 4.99. The summed E-state index contributed by atoms with van der Waals surface area (Å²) in [5.41, 5.74) is 9.91. The standard InChI is InChI=1S/C20H14N2OS/c21-19(23)15-11-10-14(13-6-2-1-3-7-13)12-16(15)20-22-17-8-4-5-9-18(17)24-20/h1-12H,(H2,21,23). The highest BCUT2D eigenvalue weighted by molar-refractivity contribution is 7.21. The van der Waals surface area contributed by atoms with Gasteiger partial charge in [-0.25, -0.2) is 4.98 Å². The van der Waals surface area contributed by atoms with Crippen molar-refractivity contribution in [1.82, 2.24) is 4.98 Å². The summed E-state index contributed by atoms with van der Waals surface area (Å²) < 4.78 is 1.09. The molecule has 4 rings (SSSR count). The Morgan fingerprint density at radius 2 is 1.62 bits per heavy atom. The second kappa shape index (κ2) is 5.91. The van der Waals surface area contributed by atoms with Gasteiger partial charge in [0.25, 0.3) is 0 Å². The van der Waals surface area contributed by atoms with Crippen LogP contribution in [0.4, 0.5) is 0 Å². The summed E-state index contributed by atoms with van der Waals surface area (Å²) >= 11 is 1.57. The Kier molecular flexibility index (Phi) is 3.59. The van der Waals surface area contributed by atoms with Gasteiger partial charge in [-0.05, 0) is 35.4 Å². The number of aromatic nitrogens is 1. The van der Waals surface area contributed by atoms with Crippen LogP contribution in [0.3, 0.4) is 0 Å². The number of nitrogens with two attached hydrogens (primary N) is 1. The summed E-state index contributed by atoms with van der Waals surface area (Å²) in [6.07, 6.45) is 0. The highest BCUT2D eigenvalue weighted by atomic mass is 32.1. The van der Waals surface area contributed by atoms with Crippen molar-refractivity contribution in [3.05, 3.63) is 78.4 Å².